The number of aryl methyl sites for hydroxylation is 1. The van der Waals surface area contributed by atoms with Gasteiger partial charge in [0.25, 0.3) is 11.8 Å². The molecule has 13 nitrogen and oxygen atoms in total. The standard InChI is InChI=1S/C29H37N5O8S/c1-8-18-14-29(18,28(38)32-43(39,40)33(5)6)31-26(36)21-13-19(15-34(21)27(37)25(35)16(2)3)42-23-11-12-30-24-17(4)22(41-7)10-9-20(23)24/h8-12,18-19,21,25,35H,1-2,13-15H2,3-7H3,(H,31,36)(H,32,38)/t18-,19-,21+,25+,29-/m1/s1. The van der Waals surface area contributed by atoms with Crippen molar-refractivity contribution in [2.75, 3.05) is 27.7 Å². The number of benzene rings is 1. The number of ether oxygens (including phenoxy) is 2. The van der Waals surface area contributed by atoms with Gasteiger partial charge >= 0.3 is 10.2 Å². The van der Waals surface area contributed by atoms with Gasteiger partial charge in [-0.25, -0.2) is 4.72 Å². The molecule has 1 saturated carbocycles. The van der Waals surface area contributed by atoms with Gasteiger partial charge < -0.3 is 24.8 Å². The van der Waals surface area contributed by atoms with Crippen LogP contribution in [0.25, 0.3) is 10.9 Å². The molecule has 2 heterocycles. The van der Waals surface area contributed by atoms with E-state index in [2.05, 4.69) is 23.5 Å². The number of hydrogen-bond donors (Lipinski definition) is 3. The Labute approximate surface area is 250 Å². The first-order chi connectivity index (χ1) is 20.2. The molecule has 3 N–H and O–H groups in total. The summed E-state index contributed by atoms with van der Waals surface area (Å²) in [5.41, 5.74) is 0.105. The smallest absolute Gasteiger partial charge is 0.303 e. The van der Waals surface area contributed by atoms with Gasteiger partial charge in [-0.15, -0.1) is 6.58 Å². The van der Waals surface area contributed by atoms with Gasteiger partial charge in [0.15, 0.2) is 6.10 Å². The summed E-state index contributed by atoms with van der Waals surface area (Å²) in [4.78, 5) is 45.8. The summed E-state index contributed by atoms with van der Waals surface area (Å²) < 4.78 is 39.2. The third-order valence-corrected chi connectivity index (χ3v) is 9.30. The topological polar surface area (TPSA) is 167 Å². The van der Waals surface area contributed by atoms with Crippen LogP contribution in [0.15, 0.2) is 49.2 Å². The van der Waals surface area contributed by atoms with Crippen LogP contribution in [0.1, 0.15) is 25.3 Å². The van der Waals surface area contributed by atoms with Crippen LogP contribution in [0.3, 0.4) is 0 Å². The third-order valence-electron chi connectivity index (χ3n) is 7.89. The lowest BCUT2D eigenvalue weighted by Gasteiger charge is -2.28. The van der Waals surface area contributed by atoms with E-state index in [0.29, 0.717) is 22.4 Å². The van der Waals surface area contributed by atoms with Gasteiger partial charge in [-0.3, -0.25) is 19.4 Å². The number of carbonyl (C=O) groups excluding carboxylic acids is 3. The predicted molar refractivity (Wildman–Crippen MR) is 158 cm³/mol. The van der Waals surface area contributed by atoms with Crippen molar-refractivity contribution < 1.29 is 37.4 Å². The van der Waals surface area contributed by atoms with Crippen LogP contribution >= 0.6 is 0 Å². The molecular weight excluding hydrogens is 578 g/mol. The van der Waals surface area contributed by atoms with E-state index in [1.807, 2.05) is 17.7 Å². The van der Waals surface area contributed by atoms with Crippen LogP contribution in [0.4, 0.5) is 0 Å². The summed E-state index contributed by atoms with van der Waals surface area (Å²) in [6.45, 7) is 10.7. The number of hydrogen-bond acceptors (Lipinski definition) is 9. The molecule has 0 spiro atoms. The molecule has 1 aliphatic heterocycles. The minimum absolute atomic E-state index is 0.0336. The maximum atomic E-state index is 13.7. The van der Waals surface area contributed by atoms with Crippen molar-refractivity contribution in [2.45, 2.75) is 50.5 Å². The van der Waals surface area contributed by atoms with Crippen LogP contribution in [0.2, 0.25) is 0 Å². The van der Waals surface area contributed by atoms with Gasteiger partial charge in [-0.05, 0) is 44.0 Å². The summed E-state index contributed by atoms with van der Waals surface area (Å²) in [6.07, 6.45) is 0.976. The number of amides is 3. The number of carbonyl (C=O) groups is 3. The average Bonchev–Trinajstić information content (AvgIpc) is 3.51. The minimum atomic E-state index is -4.13. The number of fused-ring (bicyclic) bond motifs is 1. The summed E-state index contributed by atoms with van der Waals surface area (Å²) in [5, 5.41) is 13.9. The summed E-state index contributed by atoms with van der Waals surface area (Å²) >= 11 is 0. The van der Waals surface area contributed by atoms with E-state index in [0.717, 1.165) is 9.87 Å². The molecule has 1 saturated heterocycles. The summed E-state index contributed by atoms with van der Waals surface area (Å²) in [6, 6.07) is 4.15. The van der Waals surface area contributed by atoms with Crippen molar-refractivity contribution in [3.05, 3.63) is 54.8 Å². The van der Waals surface area contributed by atoms with Gasteiger partial charge in [0.1, 0.15) is 29.2 Å². The lowest BCUT2D eigenvalue weighted by molar-refractivity contribution is -0.144. The molecule has 14 heteroatoms. The lowest BCUT2D eigenvalue weighted by atomic mass is 10.1. The highest BCUT2D eigenvalue weighted by Crippen LogP contribution is 2.45. The Morgan fingerprint density at radius 2 is 1.95 bits per heavy atom. The van der Waals surface area contributed by atoms with Gasteiger partial charge in [-0.1, -0.05) is 12.7 Å². The second-order valence-corrected chi connectivity index (χ2v) is 12.9. The fourth-order valence-electron chi connectivity index (χ4n) is 5.20. The number of aliphatic hydroxyl groups is 1. The first kappa shape index (κ1) is 31.9. The molecule has 1 aromatic heterocycles. The highest BCUT2D eigenvalue weighted by atomic mass is 32.2. The maximum Gasteiger partial charge on any atom is 0.303 e. The molecule has 2 aromatic rings. The second kappa shape index (κ2) is 11.9. The molecule has 4 rings (SSSR count). The van der Waals surface area contributed by atoms with E-state index < -0.39 is 57.6 Å². The van der Waals surface area contributed by atoms with E-state index in [4.69, 9.17) is 9.47 Å². The van der Waals surface area contributed by atoms with Gasteiger partial charge in [0, 0.05) is 43.6 Å². The van der Waals surface area contributed by atoms with E-state index >= 15 is 0 Å². The van der Waals surface area contributed by atoms with Crippen LogP contribution in [-0.4, -0.2) is 97.0 Å². The van der Waals surface area contributed by atoms with Crippen molar-refractivity contribution >= 4 is 38.8 Å². The van der Waals surface area contributed by atoms with E-state index in [1.54, 1.807) is 25.4 Å². The maximum absolute atomic E-state index is 13.7. The van der Waals surface area contributed by atoms with Crippen molar-refractivity contribution in [2.24, 2.45) is 5.92 Å². The fraction of sp³-hybridized carbons (Fsp3) is 0.448. The van der Waals surface area contributed by atoms with E-state index in [1.165, 1.54) is 32.0 Å². The zero-order chi connectivity index (χ0) is 31.9. The minimum Gasteiger partial charge on any atom is -0.496 e. The number of rotatable bonds is 11. The molecule has 232 valence electrons. The number of nitrogens with one attached hydrogen (secondary N) is 2. The monoisotopic (exact) mass is 615 g/mol. The molecule has 2 aliphatic rings. The Morgan fingerprint density at radius 3 is 2.53 bits per heavy atom. The van der Waals surface area contributed by atoms with Crippen LogP contribution < -0.4 is 19.5 Å². The Balaban J connectivity index is 1.62. The number of aliphatic hydroxyl groups excluding tert-OH is 1. The second-order valence-electron chi connectivity index (χ2n) is 11.1. The number of nitrogens with zero attached hydrogens (tertiary/aromatic N) is 3. The van der Waals surface area contributed by atoms with Crippen LogP contribution in [0.5, 0.6) is 11.5 Å². The van der Waals surface area contributed by atoms with Crippen molar-refractivity contribution in [1.82, 2.24) is 24.2 Å². The molecule has 1 aromatic carbocycles. The predicted octanol–water partition coefficient (Wildman–Crippen LogP) is 0.821. The van der Waals surface area contributed by atoms with Crippen molar-refractivity contribution in [1.29, 1.82) is 0 Å². The lowest BCUT2D eigenvalue weighted by Crippen LogP contribution is -2.57. The van der Waals surface area contributed by atoms with Crippen molar-refractivity contribution in [3.8, 4) is 11.5 Å². The average molecular weight is 616 g/mol. The Morgan fingerprint density at radius 1 is 1.26 bits per heavy atom. The zero-order valence-electron chi connectivity index (χ0n) is 24.8. The highest BCUT2D eigenvalue weighted by Gasteiger charge is 2.61. The van der Waals surface area contributed by atoms with Gasteiger partial charge in [-0.2, -0.15) is 12.7 Å². The summed E-state index contributed by atoms with van der Waals surface area (Å²) in [5.74, 6) is -1.75. The van der Waals surface area contributed by atoms with Crippen molar-refractivity contribution in [3.63, 3.8) is 0 Å². The molecule has 5 atom stereocenters. The number of aromatic nitrogens is 1. The third kappa shape index (κ3) is 6.08. The van der Waals surface area contributed by atoms with Gasteiger partial charge in [0.2, 0.25) is 5.91 Å². The molecule has 0 unspecified atom stereocenters. The molecule has 2 fully saturated rings. The SMILES string of the molecule is C=C[C@@H]1C[C@]1(NC(=O)[C@@H]1C[C@@H](Oc2ccnc3c(C)c(OC)ccc23)CN1C(=O)[C@@H](O)C(=C)C)C(=O)NS(=O)(=O)N(C)C. The normalized spacial score (nSPS) is 23.9. The highest BCUT2D eigenvalue weighted by molar-refractivity contribution is 7.87. The Kier molecular flexibility index (Phi) is 8.86. The van der Waals surface area contributed by atoms with Crippen LogP contribution in [-0.2, 0) is 24.6 Å². The van der Waals surface area contributed by atoms with E-state index in [9.17, 15) is 27.9 Å². The molecular formula is C29H37N5O8S. The number of pyridine rings is 1. The molecule has 3 amide bonds. The fourth-order valence-corrected chi connectivity index (χ4v) is 5.80. The molecule has 1 aliphatic carbocycles. The first-order valence-corrected chi connectivity index (χ1v) is 15.0. The van der Waals surface area contributed by atoms with Gasteiger partial charge in [0.05, 0.1) is 19.2 Å². The Bertz CT molecular complexity index is 1590. The molecule has 0 bridgehead atoms. The van der Waals surface area contributed by atoms with E-state index in [-0.39, 0.29) is 25.0 Å². The molecule has 43 heavy (non-hydrogen) atoms. The van der Waals surface area contributed by atoms with Crippen LogP contribution in [0, 0.1) is 12.8 Å². The quantitative estimate of drug-likeness (QED) is 0.310. The number of methoxy groups -OCH3 is 1. The zero-order valence-corrected chi connectivity index (χ0v) is 25.6. The summed E-state index contributed by atoms with van der Waals surface area (Å²) in [7, 11) is -0.0435. The Hall–Kier alpha value is -4.01. The largest absolute Gasteiger partial charge is 0.496 e. The molecule has 0 radical (unpaired) electrons. The number of likely N-dealkylation sites (tertiary alicyclic amines) is 1. The first-order valence-electron chi connectivity index (χ1n) is 13.6.